The van der Waals surface area contributed by atoms with Crippen LogP contribution >= 0.6 is 0 Å². The third kappa shape index (κ3) is 5.81. The van der Waals surface area contributed by atoms with Crippen molar-refractivity contribution in [1.29, 1.82) is 0 Å². The molecule has 2 rings (SSSR count). The summed E-state index contributed by atoms with van der Waals surface area (Å²) in [5.41, 5.74) is 3.91. The lowest BCUT2D eigenvalue weighted by Crippen LogP contribution is -2.46. The number of benzene rings is 1. The number of aryl methyl sites for hydroxylation is 1. The summed E-state index contributed by atoms with van der Waals surface area (Å²) in [6.07, 6.45) is 1.35. The summed E-state index contributed by atoms with van der Waals surface area (Å²) in [7, 11) is 0. The van der Waals surface area contributed by atoms with Crippen LogP contribution in [-0.2, 0) is 11.2 Å². The van der Waals surface area contributed by atoms with Gasteiger partial charge >= 0.3 is 12.1 Å². The lowest BCUT2D eigenvalue weighted by atomic mass is 10.0. The van der Waals surface area contributed by atoms with Crippen LogP contribution in [0.15, 0.2) is 42.6 Å². The van der Waals surface area contributed by atoms with Crippen molar-refractivity contribution in [3.8, 4) is 11.3 Å². The van der Waals surface area contributed by atoms with Crippen LogP contribution in [0.25, 0.3) is 11.3 Å². The Morgan fingerprint density at radius 3 is 2.22 bits per heavy atom. The van der Waals surface area contributed by atoms with Crippen LogP contribution < -0.4 is 0 Å². The van der Waals surface area contributed by atoms with E-state index < -0.39 is 18.1 Å². The van der Waals surface area contributed by atoms with Crippen molar-refractivity contribution in [3.63, 3.8) is 0 Å². The Bertz CT molecular complexity index is 770. The van der Waals surface area contributed by atoms with E-state index in [1.807, 2.05) is 63.4 Å². The van der Waals surface area contributed by atoms with E-state index in [-0.39, 0.29) is 12.5 Å². The van der Waals surface area contributed by atoms with Crippen molar-refractivity contribution in [2.24, 2.45) is 5.92 Å². The van der Waals surface area contributed by atoms with Crippen molar-refractivity contribution in [2.45, 2.75) is 39.7 Å². The van der Waals surface area contributed by atoms with Gasteiger partial charge in [-0.25, -0.2) is 9.59 Å². The van der Waals surface area contributed by atoms with Gasteiger partial charge in [-0.1, -0.05) is 44.2 Å². The first-order valence-electron chi connectivity index (χ1n) is 9.02. The van der Waals surface area contributed by atoms with E-state index in [2.05, 4.69) is 4.98 Å². The third-order valence-corrected chi connectivity index (χ3v) is 4.40. The standard InChI is InChI=1S/C21H26N2O4/c1-14(2)12-19(20(24)25)23(21(26)27)11-10-16-5-7-17(8-6-16)18-9-4-15(3)13-22-18/h4-9,13-14,19H,10-12H2,1-3H3,(H,24,25)(H,26,27). The molecule has 0 fully saturated rings. The Morgan fingerprint density at radius 1 is 1.07 bits per heavy atom. The van der Waals surface area contributed by atoms with E-state index >= 15 is 0 Å². The molecule has 144 valence electrons. The third-order valence-electron chi connectivity index (χ3n) is 4.40. The van der Waals surface area contributed by atoms with Crippen LogP contribution in [0.2, 0.25) is 0 Å². The minimum absolute atomic E-state index is 0.0919. The lowest BCUT2D eigenvalue weighted by Gasteiger charge is -2.27. The summed E-state index contributed by atoms with van der Waals surface area (Å²) in [5.74, 6) is -1.01. The molecule has 0 saturated heterocycles. The molecule has 1 atom stereocenters. The molecule has 0 spiro atoms. The maximum absolute atomic E-state index is 11.6. The Labute approximate surface area is 159 Å². The number of amides is 1. The van der Waals surface area contributed by atoms with Gasteiger partial charge in [0, 0.05) is 18.3 Å². The molecule has 2 N–H and O–H groups in total. The van der Waals surface area contributed by atoms with Gasteiger partial charge in [0.1, 0.15) is 6.04 Å². The predicted octanol–water partition coefficient (Wildman–Crippen LogP) is 4.08. The molecule has 0 radical (unpaired) electrons. The molecule has 27 heavy (non-hydrogen) atoms. The molecule has 0 aliphatic heterocycles. The fraction of sp³-hybridized carbons (Fsp3) is 0.381. The highest BCUT2D eigenvalue weighted by Crippen LogP contribution is 2.19. The smallest absolute Gasteiger partial charge is 0.408 e. The largest absolute Gasteiger partial charge is 0.480 e. The molecule has 0 saturated carbocycles. The average molecular weight is 370 g/mol. The van der Waals surface area contributed by atoms with Gasteiger partial charge < -0.3 is 10.2 Å². The van der Waals surface area contributed by atoms with Gasteiger partial charge in [0.15, 0.2) is 0 Å². The van der Waals surface area contributed by atoms with Gasteiger partial charge in [-0.15, -0.1) is 0 Å². The van der Waals surface area contributed by atoms with Crippen LogP contribution in [0.4, 0.5) is 4.79 Å². The Kier molecular flexibility index (Phi) is 6.93. The molecule has 6 nitrogen and oxygen atoms in total. The van der Waals surface area contributed by atoms with E-state index in [0.29, 0.717) is 12.8 Å². The minimum atomic E-state index is -1.21. The first-order valence-corrected chi connectivity index (χ1v) is 9.02. The second-order valence-corrected chi connectivity index (χ2v) is 7.13. The van der Waals surface area contributed by atoms with Gasteiger partial charge in [-0.3, -0.25) is 9.88 Å². The van der Waals surface area contributed by atoms with Crippen molar-refractivity contribution in [1.82, 2.24) is 9.88 Å². The van der Waals surface area contributed by atoms with Gasteiger partial charge in [0.25, 0.3) is 0 Å². The first kappa shape index (κ1) is 20.4. The zero-order valence-electron chi connectivity index (χ0n) is 15.9. The quantitative estimate of drug-likeness (QED) is 0.731. The van der Waals surface area contributed by atoms with Crippen molar-refractivity contribution in [2.75, 3.05) is 6.54 Å². The van der Waals surface area contributed by atoms with E-state index in [1.54, 1.807) is 0 Å². The fourth-order valence-electron chi connectivity index (χ4n) is 2.92. The summed E-state index contributed by atoms with van der Waals surface area (Å²) < 4.78 is 0. The number of aliphatic carboxylic acids is 1. The Morgan fingerprint density at radius 2 is 1.74 bits per heavy atom. The van der Waals surface area contributed by atoms with Gasteiger partial charge in [0.05, 0.1) is 5.69 Å². The Hall–Kier alpha value is -2.89. The van der Waals surface area contributed by atoms with Crippen molar-refractivity contribution >= 4 is 12.1 Å². The fourth-order valence-corrected chi connectivity index (χ4v) is 2.92. The summed E-state index contributed by atoms with van der Waals surface area (Å²) in [6, 6.07) is 10.7. The molecular formula is C21H26N2O4. The van der Waals surface area contributed by atoms with E-state index in [0.717, 1.165) is 27.3 Å². The second-order valence-electron chi connectivity index (χ2n) is 7.13. The number of aromatic nitrogens is 1. The molecule has 1 aromatic carbocycles. The molecule has 0 aliphatic carbocycles. The normalized spacial score (nSPS) is 12.0. The number of carboxylic acids is 1. The molecular weight excluding hydrogens is 344 g/mol. The first-order chi connectivity index (χ1) is 12.8. The van der Waals surface area contributed by atoms with Crippen LogP contribution in [0.1, 0.15) is 31.4 Å². The van der Waals surface area contributed by atoms with E-state index in [1.165, 1.54) is 0 Å². The molecule has 2 aromatic rings. The highest BCUT2D eigenvalue weighted by Gasteiger charge is 2.29. The van der Waals surface area contributed by atoms with E-state index in [4.69, 9.17) is 0 Å². The van der Waals surface area contributed by atoms with Gasteiger partial charge in [0.2, 0.25) is 0 Å². The summed E-state index contributed by atoms with van der Waals surface area (Å²) in [6.45, 7) is 5.89. The zero-order valence-corrected chi connectivity index (χ0v) is 15.9. The van der Waals surface area contributed by atoms with Crippen LogP contribution in [0.3, 0.4) is 0 Å². The number of carbonyl (C=O) groups is 2. The number of rotatable bonds is 8. The van der Waals surface area contributed by atoms with Gasteiger partial charge in [-0.2, -0.15) is 0 Å². The number of hydrogen-bond acceptors (Lipinski definition) is 3. The predicted molar refractivity (Wildman–Crippen MR) is 104 cm³/mol. The minimum Gasteiger partial charge on any atom is -0.480 e. The molecule has 1 amide bonds. The SMILES string of the molecule is Cc1ccc(-c2ccc(CCN(C(=O)O)C(CC(C)C)C(=O)O)cc2)nc1. The monoisotopic (exact) mass is 370 g/mol. The highest BCUT2D eigenvalue weighted by atomic mass is 16.4. The summed E-state index contributed by atoms with van der Waals surface area (Å²) in [5, 5.41) is 18.9. The van der Waals surface area contributed by atoms with Crippen molar-refractivity contribution in [3.05, 3.63) is 53.7 Å². The highest BCUT2D eigenvalue weighted by molar-refractivity contribution is 5.79. The number of carboxylic acid groups (broad SMARTS) is 2. The lowest BCUT2D eigenvalue weighted by molar-refractivity contribution is -0.143. The topological polar surface area (TPSA) is 90.7 Å². The molecule has 0 bridgehead atoms. The number of pyridine rings is 1. The molecule has 6 heteroatoms. The van der Waals surface area contributed by atoms with Crippen LogP contribution in [-0.4, -0.2) is 44.7 Å². The van der Waals surface area contributed by atoms with Crippen LogP contribution in [0, 0.1) is 12.8 Å². The van der Waals surface area contributed by atoms with Crippen LogP contribution in [0.5, 0.6) is 0 Å². The van der Waals surface area contributed by atoms with Crippen molar-refractivity contribution < 1.29 is 19.8 Å². The maximum atomic E-state index is 11.6. The van der Waals surface area contributed by atoms with E-state index in [9.17, 15) is 19.8 Å². The molecule has 1 aromatic heterocycles. The van der Waals surface area contributed by atoms with Gasteiger partial charge in [-0.05, 0) is 42.9 Å². The number of nitrogens with zero attached hydrogens (tertiary/aromatic N) is 2. The molecule has 1 heterocycles. The molecule has 0 aliphatic rings. The summed E-state index contributed by atoms with van der Waals surface area (Å²) >= 11 is 0. The average Bonchev–Trinajstić information content (AvgIpc) is 2.61. The zero-order chi connectivity index (χ0) is 20.0. The number of hydrogen-bond donors (Lipinski definition) is 2. The second kappa shape index (κ2) is 9.16. The molecule has 1 unspecified atom stereocenters. The summed E-state index contributed by atoms with van der Waals surface area (Å²) in [4.78, 5) is 28.5. The Balaban J connectivity index is 2.07. The maximum Gasteiger partial charge on any atom is 0.408 e.